The maximum Gasteiger partial charge on any atom is 0.220 e. The van der Waals surface area contributed by atoms with Crippen molar-refractivity contribution in [2.45, 2.75) is 40.5 Å². The van der Waals surface area contributed by atoms with Crippen molar-refractivity contribution in [1.29, 1.82) is 5.26 Å². The number of carbonyl (C=O) groups is 1. The molecule has 0 aromatic heterocycles. The molecule has 0 saturated carbocycles. The van der Waals surface area contributed by atoms with E-state index in [9.17, 15) is 4.79 Å². The van der Waals surface area contributed by atoms with Gasteiger partial charge < -0.3 is 5.73 Å². The third kappa shape index (κ3) is 13.8. The fraction of sp³-hybridized carbons (Fsp3) is 0.800. The minimum Gasteiger partial charge on any atom is -0.369 e. The molecule has 4 heteroatoms. The molecular weight excluding hydrogens is 200 g/mol. The van der Waals surface area contributed by atoms with E-state index in [0.29, 0.717) is 0 Å². The lowest BCUT2D eigenvalue weighted by molar-refractivity contribution is -0.121. The monoisotopic (exact) mass is 220 g/mol. The molecule has 0 aromatic carbocycles. The van der Waals surface area contributed by atoms with Crippen LogP contribution in [-0.2, 0) is 4.79 Å². The molecule has 2 N–H and O–H groups in total. The Bertz CT molecular complexity index is 177. The van der Waals surface area contributed by atoms with Crippen LogP contribution in [0.2, 0.25) is 0 Å². The SMILES string of the molecule is CCC(C)C#N.CCC(C)C(N)=O.Cl. The van der Waals surface area contributed by atoms with Crippen LogP contribution in [0.25, 0.3) is 0 Å². The van der Waals surface area contributed by atoms with Gasteiger partial charge in [0.15, 0.2) is 0 Å². The Morgan fingerprint density at radius 1 is 1.36 bits per heavy atom. The highest BCUT2D eigenvalue weighted by molar-refractivity contribution is 5.85. The molecular formula is C10H21ClN2O. The summed E-state index contributed by atoms with van der Waals surface area (Å²) >= 11 is 0. The molecule has 2 atom stereocenters. The Morgan fingerprint density at radius 2 is 1.79 bits per heavy atom. The van der Waals surface area contributed by atoms with Crippen LogP contribution in [0.15, 0.2) is 0 Å². The van der Waals surface area contributed by atoms with Gasteiger partial charge in [0, 0.05) is 11.8 Å². The van der Waals surface area contributed by atoms with Crippen LogP contribution in [0, 0.1) is 23.2 Å². The number of amides is 1. The van der Waals surface area contributed by atoms with Crippen LogP contribution in [0.4, 0.5) is 0 Å². The average molecular weight is 221 g/mol. The van der Waals surface area contributed by atoms with E-state index in [-0.39, 0.29) is 30.2 Å². The largest absolute Gasteiger partial charge is 0.369 e. The van der Waals surface area contributed by atoms with Crippen molar-refractivity contribution in [3.63, 3.8) is 0 Å². The molecule has 0 aliphatic rings. The van der Waals surface area contributed by atoms with E-state index in [1.807, 2.05) is 27.7 Å². The molecule has 0 radical (unpaired) electrons. The van der Waals surface area contributed by atoms with Crippen molar-refractivity contribution in [3.8, 4) is 6.07 Å². The van der Waals surface area contributed by atoms with Crippen LogP contribution in [-0.4, -0.2) is 5.91 Å². The van der Waals surface area contributed by atoms with Crippen molar-refractivity contribution in [1.82, 2.24) is 0 Å². The van der Waals surface area contributed by atoms with Crippen molar-refractivity contribution < 1.29 is 4.79 Å². The Balaban J connectivity index is -0.000000163. The number of primary amides is 1. The zero-order valence-corrected chi connectivity index (χ0v) is 10.2. The van der Waals surface area contributed by atoms with Gasteiger partial charge in [-0.1, -0.05) is 20.8 Å². The number of nitrogens with two attached hydrogens (primary N) is 1. The summed E-state index contributed by atoms with van der Waals surface area (Å²) < 4.78 is 0. The van der Waals surface area contributed by atoms with Gasteiger partial charge in [0.05, 0.1) is 6.07 Å². The van der Waals surface area contributed by atoms with Crippen molar-refractivity contribution in [3.05, 3.63) is 0 Å². The zero-order valence-electron chi connectivity index (χ0n) is 9.41. The minimum absolute atomic E-state index is 0. The van der Waals surface area contributed by atoms with Crippen molar-refractivity contribution in [2.24, 2.45) is 17.6 Å². The Morgan fingerprint density at radius 3 is 1.79 bits per heavy atom. The minimum atomic E-state index is -0.206. The van der Waals surface area contributed by atoms with Crippen LogP contribution >= 0.6 is 12.4 Å². The molecule has 2 unspecified atom stereocenters. The second kappa shape index (κ2) is 12.2. The normalized spacial score (nSPS) is 12.2. The third-order valence-corrected chi connectivity index (χ3v) is 1.93. The van der Waals surface area contributed by atoms with E-state index in [0.717, 1.165) is 12.8 Å². The number of hydrogen-bond acceptors (Lipinski definition) is 2. The first-order valence-electron chi connectivity index (χ1n) is 4.68. The fourth-order valence-electron chi connectivity index (χ4n) is 0.292. The quantitative estimate of drug-likeness (QED) is 0.794. The van der Waals surface area contributed by atoms with Gasteiger partial charge in [-0.2, -0.15) is 5.26 Å². The molecule has 1 amide bonds. The number of carbonyl (C=O) groups excluding carboxylic acids is 1. The van der Waals surface area contributed by atoms with E-state index in [4.69, 9.17) is 11.0 Å². The summed E-state index contributed by atoms with van der Waals surface area (Å²) in [5.74, 6) is 0.0764. The van der Waals surface area contributed by atoms with Gasteiger partial charge in [-0.3, -0.25) is 4.79 Å². The zero-order chi connectivity index (χ0) is 10.9. The predicted molar refractivity (Wildman–Crippen MR) is 61.0 cm³/mol. The topological polar surface area (TPSA) is 66.9 Å². The van der Waals surface area contributed by atoms with Gasteiger partial charge in [0.1, 0.15) is 0 Å². The summed E-state index contributed by atoms with van der Waals surface area (Å²) in [5, 5.41) is 8.08. The van der Waals surface area contributed by atoms with Crippen LogP contribution < -0.4 is 5.73 Å². The van der Waals surface area contributed by atoms with Crippen molar-refractivity contribution >= 4 is 18.3 Å². The summed E-state index contributed by atoms with van der Waals surface area (Å²) in [6.07, 6.45) is 1.81. The Kier molecular flexibility index (Phi) is 16.6. The lowest BCUT2D eigenvalue weighted by Crippen LogP contribution is -2.19. The maximum atomic E-state index is 10.2. The fourth-order valence-corrected chi connectivity index (χ4v) is 0.292. The molecule has 14 heavy (non-hydrogen) atoms. The molecule has 0 rings (SSSR count). The average Bonchev–Trinajstić information content (AvgIpc) is 2.16. The van der Waals surface area contributed by atoms with E-state index in [1.165, 1.54) is 0 Å². The van der Waals surface area contributed by atoms with Gasteiger partial charge in [-0.25, -0.2) is 0 Å². The Hall–Kier alpha value is -0.750. The molecule has 0 fully saturated rings. The van der Waals surface area contributed by atoms with Gasteiger partial charge in [0.25, 0.3) is 0 Å². The first kappa shape index (κ1) is 18.9. The number of halogens is 1. The van der Waals surface area contributed by atoms with Gasteiger partial charge >= 0.3 is 0 Å². The van der Waals surface area contributed by atoms with E-state index in [2.05, 4.69) is 6.07 Å². The predicted octanol–water partition coefficient (Wildman–Crippen LogP) is 2.50. The van der Waals surface area contributed by atoms with E-state index in [1.54, 1.807) is 0 Å². The standard InChI is InChI=1S/C5H11NO.C5H9N.ClH/c1-3-4(2)5(6)7;1-3-5(2)4-6;/h4H,3H2,1-2H3,(H2,6,7);5H,3H2,1-2H3;1H. The van der Waals surface area contributed by atoms with Crippen LogP contribution in [0.5, 0.6) is 0 Å². The Labute approximate surface area is 93.1 Å². The lowest BCUT2D eigenvalue weighted by atomic mass is 10.1. The van der Waals surface area contributed by atoms with Crippen LogP contribution in [0.1, 0.15) is 40.5 Å². The number of hydrogen-bond donors (Lipinski definition) is 1. The highest BCUT2D eigenvalue weighted by Crippen LogP contribution is 1.96. The second-order valence-electron chi connectivity index (χ2n) is 3.15. The van der Waals surface area contributed by atoms with E-state index < -0.39 is 0 Å². The van der Waals surface area contributed by atoms with Gasteiger partial charge in [-0.05, 0) is 19.8 Å². The highest BCUT2D eigenvalue weighted by Gasteiger charge is 2.02. The van der Waals surface area contributed by atoms with Gasteiger partial charge in [0.2, 0.25) is 5.91 Å². The first-order chi connectivity index (χ1) is 5.99. The number of nitriles is 1. The molecule has 0 aliphatic heterocycles. The summed E-state index contributed by atoms with van der Waals surface area (Å²) in [6.45, 7) is 7.69. The molecule has 84 valence electrons. The van der Waals surface area contributed by atoms with Crippen molar-refractivity contribution in [2.75, 3.05) is 0 Å². The number of rotatable bonds is 3. The summed E-state index contributed by atoms with van der Waals surface area (Å²) in [7, 11) is 0. The molecule has 3 nitrogen and oxygen atoms in total. The van der Waals surface area contributed by atoms with E-state index >= 15 is 0 Å². The summed E-state index contributed by atoms with van der Waals surface area (Å²) in [5.41, 5.74) is 4.91. The molecule has 0 aromatic rings. The summed E-state index contributed by atoms with van der Waals surface area (Å²) in [6, 6.07) is 2.11. The maximum absolute atomic E-state index is 10.2. The molecule has 0 heterocycles. The highest BCUT2D eigenvalue weighted by atomic mass is 35.5. The lowest BCUT2D eigenvalue weighted by Gasteiger charge is -1.98. The summed E-state index contributed by atoms with van der Waals surface area (Å²) in [4.78, 5) is 10.2. The molecule has 0 saturated heterocycles. The molecule has 0 spiro atoms. The second-order valence-corrected chi connectivity index (χ2v) is 3.15. The first-order valence-corrected chi connectivity index (χ1v) is 4.68. The third-order valence-electron chi connectivity index (χ3n) is 1.93. The smallest absolute Gasteiger partial charge is 0.220 e. The molecule has 0 aliphatic carbocycles. The molecule has 0 bridgehead atoms. The van der Waals surface area contributed by atoms with Gasteiger partial charge in [-0.15, -0.1) is 12.4 Å². The number of nitrogens with zero attached hydrogens (tertiary/aromatic N) is 1. The van der Waals surface area contributed by atoms with Crippen LogP contribution in [0.3, 0.4) is 0 Å².